The van der Waals surface area contributed by atoms with Crippen molar-refractivity contribution in [3.8, 4) is 11.5 Å². The van der Waals surface area contributed by atoms with Crippen LogP contribution in [0.1, 0.15) is 24.0 Å². The molecule has 1 heterocycles. The SMILES string of the molecule is C=CCOc1ccc(C=CC(=O)Nc2ccc(CCN3CCCC3)cc2)cc1OC. The topological polar surface area (TPSA) is 50.8 Å². The summed E-state index contributed by atoms with van der Waals surface area (Å²) >= 11 is 0. The van der Waals surface area contributed by atoms with Crippen molar-refractivity contribution in [1.82, 2.24) is 4.90 Å². The Hall–Kier alpha value is -3.05. The maximum absolute atomic E-state index is 12.3. The molecular weight excluding hydrogens is 376 g/mol. The van der Waals surface area contributed by atoms with Gasteiger partial charge in [-0.2, -0.15) is 0 Å². The zero-order valence-corrected chi connectivity index (χ0v) is 17.6. The Morgan fingerprint density at radius 3 is 2.60 bits per heavy atom. The molecule has 30 heavy (non-hydrogen) atoms. The van der Waals surface area contributed by atoms with Gasteiger partial charge in [-0.25, -0.2) is 0 Å². The molecule has 0 saturated carbocycles. The van der Waals surface area contributed by atoms with E-state index in [1.165, 1.54) is 37.6 Å². The van der Waals surface area contributed by atoms with Crippen LogP contribution in [-0.4, -0.2) is 44.2 Å². The summed E-state index contributed by atoms with van der Waals surface area (Å²) in [4.78, 5) is 14.8. The summed E-state index contributed by atoms with van der Waals surface area (Å²) in [6, 6.07) is 13.6. The van der Waals surface area contributed by atoms with Crippen molar-refractivity contribution in [2.45, 2.75) is 19.3 Å². The first-order valence-electron chi connectivity index (χ1n) is 10.4. The molecule has 1 fully saturated rings. The minimum Gasteiger partial charge on any atom is -0.493 e. The smallest absolute Gasteiger partial charge is 0.248 e. The molecule has 0 aromatic heterocycles. The van der Waals surface area contributed by atoms with E-state index in [1.807, 2.05) is 30.3 Å². The maximum atomic E-state index is 12.3. The summed E-state index contributed by atoms with van der Waals surface area (Å²) in [7, 11) is 1.59. The molecule has 1 saturated heterocycles. The van der Waals surface area contributed by atoms with Crippen LogP contribution in [-0.2, 0) is 11.2 Å². The van der Waals surface area contributed by atoms with E-state index in [0.717, 1.165) is 24.2 Å². The monoisotopic (exact) mass is 406 g/mol. The average Bonchev–Trinajstić information content (AvgIpc) is 3.29. The fourth-order valence-corrected chi connectivity index (χ4v) is 3.46. The fourth-order valence-electron chi connectivity index (χ4n) is 3.46. The summed E-state index contributed by atoms with van der Waals surface area (Å²) in [5.41, 5.74) is 2.94. The first kappa shape index (κ1) is 21.7. The van der Waals surface area contributed by atoms with Crippen LogP contribution in [0.5, 0.6) is 11.5 Å². The third-order valence-electron chi connectivity index (χ3n) is 5.11. The normalized spacial score (nSPS) is 14.0. The van der Waals surface area contributed by atoms with Gasteiger partial charge in [0.2, 0.25) is 5.91 Å². The van der Waals surface area contributed by atoms with E-state index >= 15 is 0 Å². The van der Waals surface area contributed by atoms with Gasteiger partial charge in [0, 0.05) is 18.3 Å². The molecule has 1 N–H and O–H groups in total. The summed E-state index contributed by atoms with van der Waals surface area (Å²) < 4.78 is 10.9. The molecule has 0 atom stereocenters. The average molecular weight is 407 g/mol. The van der Waals surface area contributed by atoms with E-state index in [2.05, 4.69) is 28.9 Å². The number of rotatable bonds is 10. The van der Waals surface area contributed by atoms with E-state index in [4.69, 9.17) is 9.47 Å². The molecule has 158 valence electrons. The van der Waals surface area contributed by atoms with Gasteiger partial charge < -0.3 is 19.7 Å². The quantitative estimate of drug-likeness (QED) is 0.465. The van der Waals surface area contributed by atoms with Crippen LogP contribution >= 0.6 is 0 Å². The van der Waals surface area contributed by atoms with Crippen LogP contribution in [0.25, 0.3) is 6.08 Å². The van der Waals surface area contributed by atoms with Crippen molar-refractivity contribution < 1.29 is 14.3 Å². The molecule has 5 heteroatoms. The zero-order valence-electron chi connectivity index (χ0n) is 17.6. The predicted molar refractivity (Wildman–Crippen MR) is 122 cm³/mol. The third-order valence-corrected chi connectivity index (χ3v) is 5.11. The van der Waals surface area contributed by atoms with Crippen LogP contribution in [0.3, 0.4) is 0 Å². The van der Waals surface area contributed by atoms with Gasteiger partial charge in [0.1, 0.15) is 6.61 Å². The van der Waals surface area contributed by atoms with Crippen molar-refractivity contribution in [2.24, 2.45) is 0 Å². The number of nitrogens with zero attached hydrogens (tertiary/aromatic N) is 1. The number of likely N-dealkylation sites (tertiary alicyclic amines) is 1. The van der Waals surface area contributed by atoms with Gasteiger partial charge >= 0.3 is 0 Å². The number of methoxy groups -OCH3 is 1. The van der Waals surface area contributed by atoms with Gasteiger partial charge in [0.05, 0.1) is 7.11 Å². The summed E-state index contributed by atoms with van der Waals surface area (Å²) in [5.74, 6) is 1.08. The Bertz CT molecular complexity index is 868. The highest BCUT2D eigenvalue weighted by molar-refractivity contribution is 6.01. The molecule has 1 aliphatic rings. The van der Waals surface area contributed by atoms with E-state index in [0.29, 0.717) is 18.1 Å². The Labute approximate surface area is 179 Å². The Balaban J connectivity index is 1.51. The minimum atomic E-state index is -0.175. The van der Waals surface area contributed by atoms with Crippen LogP contribution in [0.15, 0.2) is 61.2 Å². The van der Waals surface area contributed by atoms with E-state index in [9.17, 15) is 4.79 Å². The van der Waals surface area contributed by atoms with Crippen LogP contribution in [0, 0.1) is 0 Å². The molecule has 0 unspecified atom stereocenters. The van der Waals surface area contributed by atoms with Crippen LogP contribution < -0.4 is 14.8 Å². The molecule has 0 aliphatic carbocycles. The first-order chi connectivity index (χ1) is 14.7. The second-order valence-electron chi connectivity index (χ2n) is 7.33. The minimum absolute atomic E-state index is 0.175. The van der Waals surface area contributed by atoms with Crippen LogP contribution in [0.2, 0.25) is 0 Å². The highest BCUT2D eigenvalue weighted by Crippen LogP contribution is 2.28. The molecule has 1 aliphatic heterocycles. The van der Waals surface area contributed by atoms with Crippen molar-refractivity contribution in [2.75, 3.05) is 38.7 Å². The van der Waals surface area contributed by atoms with E-state index in [-0.39, 0.29) is 5.91 Å². The van der Waals surface area contributed by atoms with Gasteiger partial charge in [-0.15, -0.1) is 0 Å². The molecule has 0 bridgehead atoms. The van der Waals surface area contributed by atoms with Gasteiger partial charge in [-0.05, 0) is 73.8 Å². The van der Waals surface area contributed by atoms with Gasteiger partial charge in [-0.3, -0.25) is 4.79 Å². The fraction of sp³-hybridized carbons (Fsp3) is 0.320. The standard InChI is InChI=1S/C25H30N2O3/c1-3-18-30-23-12-8-21(19-24(23)29-2)9-13-25(28)26-22-10-6-20(7-11-22)14-17-27-15-4-5-16-27/h3,6-13,19H,1,4-5,14-18H2,2H3,(H,26,28). The molecule has 2 aromatic rings. The molecule has 5 nitrogen and oxygen atoms in total. The first-order valence-corrected chi connectivity index (χ1v) is 10.4. The van der Waals surface area contributed by atoms with Crippen LogP contribution in [0.4, 0.5) is 5.69 Å². The number of carbonyl (C=O) groups excluding carboxylic acids is 1. The Morgan fingerprint density at radius 2 is 1.90 bits per heavy atom. The van der Waals surface area contributed by atoms with Crippen molar-refractivity contribution in [3.63, 3.8) is 0 Å². The highest BCUT2D eigenvalue weighted by atomic mass is 16.5. The lowest BCUT2D eigenvalue weighted by atomic mass is 10.1. The number of benzene rings is 2. The summed E-state index contributed by atoms with van der Waals surface area (Å²) in [6.07, 6.45) is 8.62. The predicted octanol–water partition coefficient (Wildman–Crippen LogP) is 4.55. The molecule has 3 rings (SSSR count). The number of hydrogen-bond donors (Lipinski definition) is 1. The van der Waals surface area contributed by atoms with Crippen molar-refractivity contribution in [3.05, 3.63) is 72.3 Å². The lowest BCUT2D eigenvalue weighted by Gasteiger charge is -2.14. The summed E-state index contributed by atoms with van der Waals surface area (Å²) in [5, 5.41) is 2.90. The van der Waals surface area contributed by atoms with Crippen molar-refractivity contribution in [1.29, 1.82) is 0 Å². The van der Waals surface area contributed by atoms with E-state index in [1.54, 1.807) is 19.3 Å². The number of hydrogen-bond acceptors (Lipinski definition) is 4. The van der Waals surface area contributed by atoms with Crippen molar-refractivity contribution >= 4 is 17.7 Å². The lowest BCUT2D eigenvalue weighted by Crippen LogP contribution is -2.21. The molecular formula is C25H30N2O3. The molecule has 0 radical (unpaired) electrons. The Morgan fingerprint density at radius 1 is 1.13 bits per heavy atom. The molecule has 0 spiro atoms. The number of nitrogens with one attached hydrogen (secondary N) is 1. The number of carbonyl (C=O) groups is 1. The number of anilines is 1. The Kier molecular flexibility index (Phi) is 8.10. The van der Waals surface area contributed by atoms with Gasteiger partial charge in [0.15, 0.2) is 11.5 Å². The van der Waals surface area contributed by atoms with Gasteiger partial charge in [0.25, 0.3) is 0 Å². The lowest BCUT2D eigenvalue weighted by molar-refractivity contribution is -0.111. The summed E-state index contributed by atoms with van der Waals surface area (Å²) in [6.45, 7) is 7.59. The largest absolute Gasteiger partial charge is 0.493 e. The zero-order chi connectivity index (χ0) is 21.2. The number of amides is 1. The number of ether oxygens (including phenoxy) is 2. The second-order valence-corrected chi connectivity index (χ2v) is 7.33. The maximum Gasteiger partial charge on any atom is 0.248 e. The van der Waals surface area contributed by atoms with Gasteiger partial charge in [-0.1, -0.05) is 30.9 Å². The third kappa shape index (κ3) is 6.49. The second kappa shape index (κ2) is 11.2. The highest BCUT2D eigenvalue weighted by Gasteiger charge is 2.10. The molecule has 2 aromatic carbocycles. The molecule has 1 amide bonds. The van der Waals surface area contributed by atoms with E-state index < -0.39 is 0 Å².